The number of carboxylic acids is 1. The van der Waals surface area contributed by atoms with E-state index in [2.05, 4.69) is 0 Å². The molecule has 0 spiro atoms. The minimum atomic E-state index is -1.21. The minimum Gasteiger partial charge on any atom is -0.478 e. The molecular weight excluding hydrogens is 292 g/mol. The van der Waals surface area contributed by atoms with Crippen LogP contribution in [-0.4, -0.2) is 23.7 Å². The third-order valence-electron chi connectivity index (χ3n) is 3.01. The van der Waals surface area contributed by atoms with E-state index >= 15 is 0 Å². The van der Waals surface area contributed by atoms with Gasteiger partial charge in [0.15, 0.2) is 0 Å². The molecule has 0 amide bonds. The molecule has 5 heteroatoms. The van der Waals surface area contributed by atoms with Gasteiger partial charge in [-0.05, 0) is 30.4 Å². The van der Waals surface area contributed by atoms with Gasteiger partial charge in [0.05, 0.1) is 22.8 Å². The molecule has 4 nitrogen and oxygen atoms in total. The summed E-state index contributed by atoms with van der Waals surface area (Å²) in [6.45, 7) is 6.29. The molecule has 0 fully saturated rings. The average molecular weight is 313 g/mol. The van der Waals surface area contributed by atoms with Crippen LogP contribution in [0.4, 0.5) is 0 Å². The maximum absolute atomic E-state index is 12.0. The van der Waals surface area contributed by atoms with Crippen LogP contribution in [-0.2, 0) is 11.2 Å². The summed E-state index contributed by atoms with van der Waals surface area (Å²) in [5.74, 6) is -1.52. The largest absolute Gasteiger partial charge is 0.478 e. The van der Waals surface area contributed by atoms with Gasteiger partial charge in [-0.1, -0.05) is 44.9 Å². The van der Waals surface area contributed by atoms with Crippen LogP contribution >= 0.6 is 11.6 Å². The number of unbranched alkanes of at least 4 members (excludes halogenated alkanes) is 1. The van der Waals surface area contributed by atoms with Gasteiger partial charge >= 0.3 is 11.9 Å². The molecular formula is C16H21ClO4. The quantitative estimate of drug-likeness (QED) is 0.605. The molecule has 0 bridgehead atoms. The second-order valence-corrected chi connectivity index (χ2v) is 5.73. The number of hydrogen-bond donors (Lipinski definition) is 1. The third-order valence-corrected chi connectivity index (χ3v) is 3.45. The van der Waals surface area contributed by atoms with Gasteiger partial charge in [-0.2, -0.15) is 0 Å². The topological polar surface area (TPSA) is 63.6 Å². The summed E-state index contributed by atoms with van der Waals surface area (Å²) in [6.07, 6.45) is 2.30. The summed E-state index contributed by atoms with van der Waals surface area (Å²) in [7, 11) is 0. The fraction of sp³-hybridized carbons (Fsp3) is 0.500. The van der Waals surface area contributed by atoms with Crippen LogP contribution in [0.5, 0.6) is 0 Å². The van der Waals surface area contributed by atoms with Crippen LogP contribution in [0.25, 0.3) is 0 Å². The Labute approximate surface area is 130 Å². The number of carbonyl (C=O) groups is 2. The van der Waals surface area contributed by atoms with Gasteiger partial charge in [0.1, 0.15) is 0 Å². The minimum absolute atomic E-state index is 0.0103. The van der Waals surface area contributed by atoms with E-state index in [-0.39, 0.29) is 22.8 Å². The summed E-state index contributed by atoms with van der Waals surface area (Å²) in [5.41, 5.74) is 0.571. The lowest BCUT2D eigenvalue weighted by atomic mass is 9.97. The van der Waals surface area contributed by atoms with Crippen LogP contribution in [0.15, 0.2) is 12.1 Å². The molecule has 0 heterocycles. The SMILES string of the molecule is CCCCOC(=O)c1ccc(CC(C)C)c(Cl)c1C(=O)O. The molecule has 1 aromatic carbocycles. The van der Waals surface area contributed by atoms with Crippen molar-refractivity contribution in [2.45, 2.75) is 40.0 Å². The first-order valence-electron chi connectivity index (χ1n) is 7.10. The zero-order valence-electron chi connectivity index (χ0n) is 12.6. The fourth-order valence-electron chi connectivity index (χ4n) is 1.98. The van der Waals surface area contributed by atoms with E-state index in [9.17, 15) is 14.7 Å². The molecule has 0 unspecified atom stereocenters. The predicted molar refractivity (Wildman–Crippen MR) is 82.1 cm³/mol. The lowest BCUT2D eigenvalue weighted by Crippen LogP contribution is -2.14. The van der Waals surface area contributed by atoms with E-state index in [4.69, 9.17) is 16.3 Å². The Kier molecular flexibility index (Phi) is 6.69. The van der Waals surface area contributed by atoms with Crippen LogP contribution in [0.2, 0.25) is 5.02 Å². The van der Waals surface area contributed by atoms with Crippen molar-refractivity contribution < 1.29 is 19.4 Å². The number of benzene rings is 1. The summed E-state index contributed by atoms with van der Waals surface area (Å²) in [4.78, 5) is 23.4. The van der Waals surface area contributed by atoms with Crippen molar-refractivity contribution in [3.63, 3.8) is 0 Å². The Morgan fingerprint density at radius 2 is 2.00 bits per heavy atom. The Morgan fingerprint density at radius 1 is 1.33 bits per heavy atom. The summed E-state index contributed by atoms with van der Waals surface area (Å²) >= 11 is 6.17. The second kappa shape index (κ2) is 8.03. The van der Waals surface area contributed by atoms with Crippen LogP contribution in [0.1, 0.15) is 59.9 Å². The Morgan fingerprint density at radius 3 is 2.52 bits per heavy atom. The van der Waals surface area contributed by atoms with Gasteiger partial charge in [-0.25, -0.2) is 9.59 Å². The predicted octanol–water partition coefficient (Wildman–Crippen LogP) is 4.19. The van der Waals surface area contributed by atoms with Gasteiger partial charge in [-0.15, -0.1) is 0 Å². The Balaban J connectivity index is 3.12. The first kappa shape index (κ1) is 17.5. The lowest BCUT2D eigenvalue weighted by Gasteiger charge is -2.13. The summed E-state index contributed by atoms with van der Waals surface area (Å²) in [5, 5.41) is 9.46. The maximum Gasteiger partial charge on any atom is 0.339 e. The number of hydrogen-bond acceptors (Lipinski definition) is 3. The van der Waals surface area contributed by atoms with E-state index in [1.165, 1.54) is 6.07 Å². The zero-order valence-corrected chi connectivity index (χ0v) is 13.4. The van der Waals surface area contributed by atoms with Crippen molar-refractivity contribution in [2.75, 3.05) is 6.61 Å². The highest BCUT2D eigenvalue weighted by molar-refractivity contribution is 6.35. The van der Waals surface area contributed by atoms with Gasteiger partial charge in [-0.3, -0.25) is 0 Å². The lowest BCUT2D eigenvalue weighted by molar-refractivity contribution is 0.0489. The molecule has 1 rings (SSSR count). The number of carboxylic acid groups (broad SMARTS) is 1. The number of esters is 1. The highest BCUT2D eigenvalue weighted by atomic mass is 35.5. The van der Waals surface area contributed by atoms with Gasteiger partial charge < -0.3 is 9.84 Å². The van der Waals surface area contributed by atoms with Crippen molar-refractivity contribution in [1.29, 1.82) is 0 Å². The van der Waals surface area contributed by atoms with E-state index in [1.807, 2.05) is 20.8 Å². The molecule has 0 atom stereocenters. The van der Waals surface area contributed by atoms with Gasteiger partial charge in [0.25, 0.3) is 0 Å². The molecule has 0 aliphatic rings. The molecule has 116 valence electrons. The number of rotatable bonds is 7. The smallest absolute Gasteiger partial charge is 0.339 e. The molecule has 0 aromatic heterocycles. The number of ether oxygens (including phenoxy) is 1. The highest BCUT2D eigenvalue weighted by Gasteiger charge is 2.23. The van der Waals surface area contributed by atoms with Crippen molar-refractivity contribution >= 4 is 23.5 Å². The molecule has 0 saturated carbocycles. The third kappa shape index (κ3) is 4.74. The van der Waals surface area contributed by atoms with Crippen molar-refractivity contribution in [2.24, 2.45) is 5.92 Å². The average Bonchev–Trinajstić information content (AvgIpc) is 2.40. The standard InChI is InChI=1S/C16H21ClO4/c1-4-5-8-21-16(20)12-7-6-11(9-10(2)3)14(17)13(12)15(18)19/h6-7,10H,4-5,8-9H2,1-3H3,(H,18,19). The molecule has 1 aromatic rings. The number of aromatic carboxylic acids is 1. The van der Waals surface area contributed by atoms with Crippen molar-refractivity contribution in [1.82, 2.24) is 0 Å². The van der Waals surface area contributed by atoms with E-state index in [1.54, 1.807) is 6.07 Å². The van der Waals surface area contributed by atoms with Crippen LogP contribution < -0.4 is 0 Å². The highest BCUT2D eigenvalue weighted by Crippen LogP contribution is 2.27. The van der Waals surface area contributed by atoms with Crippen molar-refractivity contribution in [3.05, 3.63) is 33.8 Å². The normalized spacial score (nSPS) is 10.7. The van der Waals surface area contributed by atoms with Gasteiger partial charge in [0, 0.05) is 0 Å². The molecule has 0 aliphatic heterocycles. The number of carbonyl (C=O) groups excluding carboxylic acids is 1. The van der Waals surface area contributed by atoms with E-state index in [0.717, 1.165) is 18.4 Å². The zero-order chi connectivity index (χ0) is 16.0. The van der Waals surface area contributed by atoms with Crippen LogP contribution in [0.3, 0.4) is 0 Å². The van der Waals surface area contributed by atoms with Crippen molar-refractivity contribution in [3.8, 4) is 0 Å². The molecule has 21 heavy (non-hydrogen) atoms. The molecule has 0 saturated heterocycles. The second-order valence-electron chi connectivity index (χ2n) is 5.35. The fourth-order valence-corrected chi connectivity index (χ4v) is 2.31. The Bertz CT molecular complexity index is 523. The monoisotopic (exact) mass is 312 g/mol. The molecule has 1 N–H and O–H groups in total. The first-order valence-corrected chi connectivity index (χ1v) is 7.48. The van der Waals surface area contributed by atoms with Gasteiger partial charge in [0.2, 0.25) is 0 Å². The Hall–Kier alpha value is -1.55. The number of halogens is 1. The van der Waals surface area contributed by atoms with E-state index < -0.39 is 11.9 Å². The summed E-state index contributed by atoms with van der Waals surface area (Å²) in [6, 6.07) is 3.19. The van der Waals surface area contributed by atoms with E-state index in [0.29, 0.717) is 12.3 Å². The van der Waals surface area contributed by atoms with Crippen LogP contribution in [0, 0.1) is 5.92 Å². The first-order chi connectivity index (χ1) is 9.88. The molecule has 0 radical (unpaired) electrons. The maximum atomic E-state index is 12.0. The molecule has 0 aliphatic carbocycles. The summed E-state index contributed by atoms with van der Waals surface area (Å²) < 4.78 is 5.07.